The molecule has 16 heavy (non-hydrogen) atoms. The Morgan fingerprint density at radius 3 is 2.81 bits per heavy atom. The molecule has 0 aliphatic rings. The summed E-state index contributed by atoms with van der Waals surface area (Å²) in [6.45, 7) is 5.20. The minimum atomic E-state index is 0.202. The van der Waals surface area contributed by atoms with Crippen LogP contribution in [0.2, 0.25) is 0 Å². The fourth-order valence-electron chi connectivity index (χ4n) is 2.19. The van der Waals surface area contributed by atoms with Gasteiger partial charge in [0.25, 0.3) is 0 Å². The number of aromatic nitrogens is 1. The van der Waals surface area contributed by atoms with E-state index in [1.165, 1.54) is 16.6 Å². The zero-order valence-corrected chi connectivity index (χ0v) is 11.3. The van der Waals surface area contributed by atoms with Crippen molar-refractivity contribution < 1.29 is 0 Å². The van der Waals surface area contributed by atoms with Gasteiger partial charge in [0.1, 0.15) is 0 Å². The SMILES string of the molecule is CCn1c(CC(C)N)cc2cccc(Br)c21. The van der Waals surface area contributed by atoms with E-state index in [1.54, 1.807) is 0 Å². The summed E-state index contributed by atoms with van der Waals surface area (Å²) in [4.78, 5) is 0. The van der Waals surface area contributed by atoms with Gasteiger partial charge in [-0.25, -0.2) is 0 Å². The maximum Gasteiger partial charge on any atom is 0.0626 e. The van der Waals surface area contributed by atoms with Gasteiger partial charge in [0.2, 0.25) is 0 Å². The van der Waals surface area contributed by atoms with Crippen molar-refractivity contribution in [3.63, 3.8) is 0 Å². The lowest BCUT2D eigenvalue weighted by Crippen LogP contribution is -2.19. The molecule has 0 radical (unpaired) electrons. The number of hydrogen-bond donors (Lipinski definition) is 1. The molecule has 86 valence electrons. The summed E-state index contributed by atoms with van der Waals surface area (Å²) in [6, 6.07) is 8.75. The third-order valence-corrected chi connectivity index (χ3v) is 3.44. The molecule has 0 aliphatic carbocycles. The maximum absolute atomic E-state index is 5.88. The van der Waals surface area contributed by atoms with Crippen LogP contribution in [0.5, 0.6) is 0 Å². The smallest absolute Gasteiger partial charge is 0.0626 e. The lowest BCUT2D eigenvalue weighted by Gasteiger charge is -2.10. The number of nitrogens with two attached hydrogens (primary N) is 1. The molecule has 0 amide bonds. The van der Waals surface area contributed by atoms with Crippen LogP contribution in [-0.2, 0) is 13.0 Å². The highest BCUT2D eigenvalue weighted by molar-refractivity contribution is 9.10. The van der Waals surface area contributed by atoms with Crippen LogP contribution >= 0.6 is 15.9 Å². The Balaban J connectivity index is 2.62. The van der Waals surface area contributed by atoms with E-state index in [4.69, 9.17) is 5.73 Å². The molecule has 2 nitrogen and oxygen atoms in total. The van der Waals surface area contributed by atoms with E-state index in [0.29, 0.717) is 0 Å². The van der Waals surface area contributed by atoms with Crippen molar-refractivity contribution in [2.24, 2.45) is 5.73 Å². The van der Waals surface area contributed by atoms with Gasteiger partial charge in [0.15, 0.2) is 0 Å². The minimum Gasteiger partial charge on any atom is -0.344 e. The molecule has 0 fully saturated rings. The Kier molecular flexibility index (Phi) is 3.36. The number of para-hydroxylation sites is 1. The summed E-state index contributed by atoms with van der Waals surface area (Å²) >= 11 is 3.62. The molecule has 0 saturated heterocycles. The second-order valence-electron chi connectivity index (χ2n) is 4.24. The van der Waals surface area contributed by atoms with Gasteiger partial charge in [-0.3, -0.25) is 0 Å². The van der Waals surface area contributed by atoms with E-state index < -0.39 is 0 Å². The summed E-state index contributed by atoms with van der Waals surface area (Å²) in [5, 5.41) is 1.28. The first-order valence-electron chi connectivity index (χ1n) is 5.65. The van der Waals surface area contributed by atoms with Gasteiger partial charge < -0.3 is 10.3 Å². The molecule has 0 spiro atoms. The molecular formula is C13H17BrN2. The lowest BCUT2D eigenvalue weighted by atomic mass is 10.2. The first kappa shape index (κ1) is 11.7. The molecule has 0 saturated carbocycles. The minimum absolute atomic E-state index is 0.202. The zero-order chi connectivity index (χ0) is 11.7. The third-order valence-electron chi connectivity index (χ3n) is 2.80. The second kappa shape index (κ2) is 4.60. The average molecular weight is 281 g/mol. The molecule has 2 aromatic rings. The molecule has 2 rings (SSSR count). The van der Waals surface area contributed by atoms with E-state index in [0.717, 1.165) is 17.4 Å². The molecule has 1 aromatic heterocycles. The van der Waals surface area contributed by atoms with Crippen LogP contribution in [0.25, 0.3) is 10.9 Å². The first-order chi connectivity index (χ1) is 7.63. The van der Waals surface area contributed by atoms with Gasteiger partial charge in [0, 0.05) is 34.6 Å². The topological polar surface area (TPSA) is 30.9 Å². The Morgan fingerprint density at radius 1 is 1.44 bits per heavy atom. The Morgan fingerprint density at radius 2 is 2.19 bits per heavy atom. The van der Waals surface area contributed by atoms with Crippen LogP contribution in [0.15, 0.2) is 28.7 Å². The van der Waals surface area contributed by atoms with Gasteiger partial charge in [-0.2, -0.15) is 0 Å². The van der Waals surface area contributed by atoms with Crippen molar-refractivity contribution in [1.29, 1.82) is 0 Å². The van der Waals surface area contributed by atoms with Crippen LogP contribution in [0.3, 0.4) is 0 Å². The lowest BCUT2D eigenvalue weighted by molar-refractivity contribution is 0.665. The predicted octanol–water partition coefficient (Wildman–Crippen LogP) is 3.31. The van der Waals surface area contributed by atoms with Crippen LogP contribution in [0.4, 0.5) is 0 Å². The second-order valence-corrected chi connectivity index (χ2v) is 5.09. The maximum atomic E-state index is 5.88. The van der Waals surface area contributed by atoms with Crippen molar-refractivity contribution in [1.82, 2.24) is 4.57 Å². The quantitative estimate of drug-likeness (QED) is 0.919. The number of benzene rings is 1. The molecule has 1 atom stereocenters. The first-order valence-corrected chi connectivity index (χ1v) is 6.45. The number of nitrogens with zero attached hydrogens (tertiary/aromatic N) is 1. The molecule has 0 bridgehead atoms. The molecule has 1 unspecified atom stereocenters. The van der Waals surface area contributed by atoms with Crippen molar-refractivity contribution in [2.75, 3.05) is 0 Å². The monoisotopic (exact) mass is 280 g/mol. The number of rotatable bonds is 3. The van der Waals surface area contributed by atoms with Crippen molar-refractivity contribution >= 4 is 26.8 Å². The molecule has 3 heteroatoms. The van der Waals surface area contributed by atoms with Crippen molar-refractivity contribution in [3.8, 4) is 0 Å². The standard InChI is InChI=1S/C13H17BrN2/c1-3-16-11(7-9(2)15)8-10-5-4-6-12(14)13(10)16/h4-6,8-9H,3,7,15H2,1-2H3. The highest BCUT2D eigenvalue weighted by Crippen LogP contribution is 2.27. The van der Waals surface area contributed by atoms with E-state index in [-0.39, 0.29) is 6.04 Å². The Bertz CT molecular complexity index is 500. The summed E-state index contributed by atoms with van der Waals surface area (Å²) in [7, 11) is 0. The van der Waals surface area contributed by atoms with E-state index in [1.807, 2.05) is 6.92 Å². The zero-order valence-electron chi connectivity index (χ0n) is 9.70. The van der Waals surface area contributed by atoms with Crippen LogP contribution in [0.1, 0.15) is 19.5 Å². The third kappa shape index (κ3) is 2.02. The summed E-state index contributed by atoms with van der Waals surface area (Å²) in [5.41, 5.74) is 8.48. The Labute approximate surface area is 105 Å². The van der Waals surface area contributed by atoms with Crippen molar-refractivity contribution in [2.45, 2.75) is 32.9 Å². The average Bonchev–Trinajstić information content (AvgIpc) is 2.55. The highest BCUT2D eigenvalue weighted by atomic mass is 79.9. The number of aryl methyl sites for hydroxylation is 1. The van der Waals surface area contributed by atoms with Crippen molar-refractivity contribution in [3.05, 3.63) is 34.4 Å². The molecule has 2 N–H and O–H groups in total. The predicted molar refractivity (Wildman–Crippen MR) is 72.7 cm³/mol. The van der Waals surface area contributed by atoms with E-state index >= 15 is 0 Å². The fraction of sp³-hybridized carbons (Fsp3) is 0.385. The largest absolute Gasteiger partial charge is 0.344 e. The van der Waals surface area contributed by atoms with Gasteiger partial charge >= 0.3 is 0 Å². The summed E-state index contributed by atoms with van der Waals surface area (Å²) in [6.07, 6.45) is 0.926. The normalized spacial score (nSPS) is 13.2. The number of fused-ring (bicyclic) bond motifs is 1. The molecule has 1 aromatic carbocycles. The van der Waals surface area contributed by atoms with E-state index in [9.17, 15) is 0 Å². The molecule has 1 heterocycles. The van der Waals surface area contributed by atoms with Crippen LogP contribution in [-0.4, -0.2) is 10.6 Å². The number of halogens is 1. The van der Waals surface area contributed by atoms with Crippen LogP contribution in [0, 0.1) is 0 Å². The van der Waals surface area contributed by atoms with Gasteiger partial charge in [-0.15, -0.1) is 0 Å². The van der Waals surface area contributed by atoms with Gasteiger partial charge in [-0.05, 0) is 41.9 Å². The summed E-state index contributed by atoms with van der Waals surface area (Å²) < 4.78 is 3.49. The van der Waals surface area contributed by atoms with E-state index in [2.05, 4.69) is 51.7 Å². The fourth-order valence-corrected chi connectivity index (χ4v) is 2.79. The summed E-state index contributed by atoms with van der Waals surface area (Å²) in [5.74, 6) is 0. The molecular weight excluding hydrogens is 264 g/mol. The number of hydrogen-bond acceptors (Lipinski definition) is 1. The molecule has 0 aliphatic heterocycles. The highest BCUT2D eigenvalue weighted by Gasteiger charge is 2.10. The Hall–Kier alpha value is -0.800. The van der Waals surface area contributed by atoms with Crippen LogP contribution < -0.4 is 5.73 Å². The van der Waals surface area contributed by atoms with Gasteiger partial charge in [0.05, 0.1) is 5.52 Å². The van der Waals surface area contributed by atoms with Gasteiger partial charge in [-0.1, -0.05) is 12.1 Å².